The van der Waals surface area contributed by atoms with Crippen LogP contribution >= 0.6 is 38.9 Å². The Bertz CT molecular complexity index is 583. The zero-order chi connectivity index (χ0) is 13.2. The van der Waals surface area contributed by atoms with Crippen LogP contribution in [0.1, 0.15) is 17.8 Å². The lowest BCUT2D eigenvalue weighted by Gasteiger charge is -2.00. The van der Waals surface area contributed by atoms with E-state index in [1.807, 2.05) is 18.2 Å². The fourth-order valence-electron chi connectivity index (χ4n) is 1.80. The number of nitrogens with zero attached hydrogens (tertiary/aromatic N) is 2. The van der Waals surface area contributed by atoms with Crippen LogP contribution in [0.5, 0.6) is 0 Å². The van der Waals surface area contributed by atoms with E-state index in [4.69, 9.17) is 11.6 Å². The van der Waals surface area contributed by atoms with E-state index in [0.717, 1.165) is 39.1 Å². The average molecular weight is 359 g/mol. The minimum Gasteiger partial charge on any atom is -0.314 e. The maximum Gasteiger partial charge on any atom is 0.148 e. The van der Waals surface area contributed by atoms with Crippen molar-refractivity contribution in [1.29, 1.82) is 0 Å². The summed E-state index contributed by atoms with van der Waals surface area (Å²) in [6.07, 6.45) is 3.58. The van der Waals surface area contributed by atoms with Crippen LogP contribution in [0.2, 0.25) is 5.02 Å². The molecular formula is C13H13BrClN3S. The Kier molecular flexibility index (Phi) is 4.17. The first-order valence-corrected chi connectivity index (χ1v) is 8.22. The lowest BCUT2D eigenvalue weighted by molar-refractivity contribution is 0.677. The number of benzene rings is 1. The maximum absolute atomic E-state index is 5.94. The predicted octanol–water partition coefficient (Wildman–Crippen LogP) is 3.92. The SMILES string of the molecule is Clc1ccc(-c2nnc(CCNC3CC3)s2)c(Br)c1. The zero-order valence-corrected chi connectivity index (χ0v) is 13.4. The Morgan fingerprint density at radius 1 is 1.37 bits per heavy atom. The van der Waals surface area contributed by atoms with Crippen LogP contribution in [0, 0.1) is 0 Å². The number of hydrogen-bond acceptors (Lipinski definition) is 4. The largest absolute Gasteiger partial charge is 0.314 e. The fraction of sp³-hybridized carbons (Fsp3) is 0.385. The molecule has 19 heavy (non-hydrogen) atoms. The van der Waals surface area contributed by atoms with Crippen LogP contribution < -0.4 is 5.32 Å². The molecule has 0 bridgehead atoms. The summed E-state index contributed by atoms with van der Waals surface area (Å²) in [7, 11) is 0. The monoisotopic (exact) mass is 357 g/mol. The number of aromatic nitrogens is 2. The van der Waals surface area contributed by atoms with Crippen molar-refractivity contribution in [1.82, 2.24) is 15.5 Å². The predicted molar refractivity (Wildman–Crippen MR) is 82.8 cm³/mol. The van der Waals surface area contributed by atoms with Gasteiger partial charge < -0.3 is 5.32 Å². The molecule has 0 saturated heterocycles. The highest BCUT2D eigenvalue weighted by Gasteiger charge is 2.20. The molecule has 6 heteroatoms. The Morgan fingerprint density at radius 3 is 2.95 bits per heavy atom. The highest BCUT2D eigenvalue weighted by molar-refractivity contribution is 9.10. The molecule has 1 aliphatic rings. The van der Waals surface area contributed by atoms with E-state index in [1.54, 1.807) is 11.3 Å². The minimum atomic E-state index is 0.717. The third-order valence-electron chi connectivity index (χ3n) is 2.98. The molecule has 1 aromatic heterocycles. The van der Waals surface area contributed by atoms with Crippen LogP contribution in [0.25, 0.3) is 10.6 Å². The first kappa shape index (κ1) is 13.5. The van der Waals surface area contributed by atoms with Gasteiger partial charge in [0.05, 0.1) is 0 Å². The van der Waals surface area contributed by atoms with Crippen molar-refractivity contribution < 1.29 is 0 Å². The first-order chi connectivity index (χ1) is 9.22. The zero-order valence-electron chi connectivity index (χ0n) is 10.2. The van der Waals surface area contributed by atoms with Crippen LogP contribution in [-0.2, 0) is 6.42 Å². The molecule has 1 saturated carbocycles. The normalized spacial score (nSPS) is 14.8. The smallest absolute Gasteiger partial charge is 0.148 e. The molecule has 1 aromatic carbocycles. The molecule has 0 aliphatic heterocycles. The molecule has 100 valence electrons. The minimum absolute atomic E-state index is 0.717. The van der Waals surface area contributed by atoms with Gasteiger partial charge >= 0.3 is 0 Å². The maximum atomic E-state index is 5.94. The van der Waals surface area contributed by atoms with Gasteiger partial charge in [-0.15, -0.1) is 10.2 Å². The summed E-state index contributed by atoms with van der Waals surface area (Å²) >= 11 is 11.1. The summed E-state index contributed by atoms with van der Waals surface area (Å²) in [5.74, 6) is 0. The highest BCUT2D eigenvalue weighted by Crippen LogP contribution is 2.32. The number of halogens is 2. The summed E-state index contributed by atoms with van der Waals surface area (Å²) in [6, 6.07) is 6.47. The van der Waals surface area contributed by atoms with Crippen molar-refractivity contribution >= 4 is 38.9 Å². The summed E-state index contributed by atoms with van der Waals surface area (Å²) < 4.78 is 0.957. The van der Waals surface area contributed by atoms with Crippen LogP contribution in [0.4, 0.5) is 0 Å². The van der Waals surface area contributed by atoms with Crippen LogP contribution in [-0.4, -0.2) is 22.8 Å². The Balaban J connectivity index is 1.68. The lowest BCUT2D eigenvalue weighted by Crippen LogP contribution is -2.19. The van der Waals surface area contributed by atoms with Gasteiger partial charge in [0.15, 0.2) is 0 Å². The number of rotatable bonds is 5. The molecule has 0 unspecified atom stereocenters. The van der Waals surface area contributed by atoms with Crippen molar-refractivity contribution in [3.8, 4) is 10.6 Å². The van der Waals surface area contributed by atoms with E-state index in [0.29, 0.717) is 5.02 Å². The van der Waals surface area contributed by atoms with E-state index < -0.39 is 0 Å². The van der Waals surface area contributed by atoms with Gasteiger partial charge in [0.25, 0.3) is 0 Å². The molecule has 3 nitrogen and oxygen atoms in total. The molecule has 1 aliphatic carbocycles. The second kappa shape index (κ2) is 5.87. The summed E-state index contributed by atoms with van der Waals surface area (Å²) in [5.41, 5.74) is 1.04. The van der Waals surface area contributed by atoms with Gasteiger partial charge in [-0.1, -0.05) is 38.9 Å². The van der Waals surface area contributed by atoms with Crippen molar-refractivity contribution in [3.05, 3.63) is 32.7 Å². The van der Waals surface area contributed by atoms with Gasteiger partial charge in [-0.3, -0.25) is 0 Å². The first-order valence-electron chi connectivity index (χ1n) is 6.23. The van der Waals surface area contributed by atoms with Gasteiger partial charge in [0, 0.05) is 34.1 Å². The van der Waals surface area contributed by atoms with E-state index >= 15 is 0 Å². The van der Waals surface area contributed by atoms with Gasteiger partial charge in [0.2, 0.25) is 0 Å². The summed E-state index contributed by atoms with van der Waals surface area (Å²) in [6.45, 7) is 0.987. The fourth-order valence-corrected chi connectivity index (χ4v) is 3.68. The van der Waals surface area contributed by atoms with Gasteiger partial charge in [-0.05, 0) is 31.0 Å². The Hall–Kier alpha value is -0.490. The molecule has 0 atom stereocenters. The number of nitrogens with one attached hydrogen (secondary N) is 1. The Labute approximate surface area is 129 Å². The average Bonchev–Trinajstić information content (AvgIpc) is 3.07. The third-order valence-corrected chi connectivity index (χ3v) is 4.89. The molecule has 2 aromatic rings. The molecule has 1 N–H and O–H groups in total. The quantitative estimate of drug-likeness (QED) is 0.880. The molecule has 0 radical (unpaired) electrons. The van der Waals surface area contributed by atoms with Gasteiger partial charge in [-0.25, -0.2) is 0 Å². The van der Waals surface area contributed by atoms with Crippen molar-refractivity contribution in [2.45, 2.75) is 25.3 Å². The third kappa shape index (κ3) is 3.54. The highest BCUT2D eigenvalue weighted by atomic mass is 79.9. The molecular weight excluding hydrogens is 346 g/mol. The molecule has 1 fully saturated rings. The summed E-state index contributed by atoms with van der Waals surface area (Å²) in [4.78, 5) is 0. The van der Waals surface area contributed by atoms with E-state index in [1.165, 1.54) is 12.8 Å². The second-order valence-electron chi connectivity index (χ2n) is 4.60. The number of hydrogen-bond donors (Lipinski definition) is 1. The van der Waals surface area contributed by atoms with Crippen LogP contribution in [0.15, 0.2) is 22.7 Å². The van der Waals surface area contributed by atoms with E-state index in [-0.39, 0.29) is 0 Å². The molecule has 1 heterocycles. The Morgan fingerprint density at radius 2 is 2.21 bits per heavy atom. The van der Waals surface area contributed by atoms with E-state index in [9.17, 15) is 0 Å². The van der Waals surface area contributed by atoms with Gasteiger partial charge in [-0.2, -0.15) is 0 Å². The van der Waals surface area contributed by atoms with Gasteiger partial charge in [0.1, 0.15) is 10.0 Å². The second-order valence-corrected chi connectivity index (χ2v) is 6.96. The van der Waals surface area contributed by atoms with E-state index in [2.05, 4.69) is 31.4 Å². The van der Waals surface area contributed by atoms with Crippen LogP contribution in [0.3, 0.4) is 0 Å². The standard InChI is InChI=1S/C13H13BrClN3S/c14-11-7-8(15)1-4-10(11)13-18-17-12(19-13)5-6-16-9-2-3-9/h1,4,7,9,16H,2-3,5-6H2. The molecule has 0 spiro atoms. The molecule has 3 rings (SSSR count). The van der Waals surface area contributed by atoms with Crippen molar-refractivity contribution in [2.75, 3.05) is 6.54 Å². The summed E-state index contributed by atoms with van der Waals surface area (Å²) in [5, 5.41) is 14.7. The lowest BCUT2D eigenvalue weighted by atomic mass is 10.2. The topological polar surface area (TPSA) is 37.8 Å². The molecule has 0 amide bonds. The van der Waals surface area contributed by atoms with Crippen molar-refractivity contribution in [2.24, 2.45) is 0 Å². The van der Waals surface area contributed by atoms with Crippen molar-refractivity contribution in [3.63, 3.8) is 0 Å².